The van der Waals surface area contributed by atoms with Crippen LogP contribution in [-0.4, -0.2) is 19.0 Å². The average molecular weight is 238 g/mol. The molecule has 0 unspecified atom stereocenters. The van der Waals surface area contributed by atoms with Crippen molar-refractivity contribution in [1.29, 1.82) is 5.41 Å². The van der Waals surface area contributed by atoms with Gasteiger partial charge in [-0.2, -0.15) is 0 Å². The third kappa shape index (κ3) is 3.61. The van der Waals surface area contributed by atoms with Gasteiger partial charge in [-0.1, -0.05) is 21.8 Å². The predicted octanol–water partition coefficient (Wildman–Crippen LogP) is 3.36. The number of rotatable bonds is 2. The van der Waals surface area contributed by atoms with Gasteiger partial charge in [-0.05, 0) is 50.2 Å². The minimum Gasteiger partial charge on any atom is -0.398 e. The van der Waals surface area contributed by atoms with E-state index in [4.69, 9.17) is 11.1 Å². The largest absolute Gasteiger partial charge is 0.398 e. The van der Waals surface area contributed by atoms with Crippen molar-refractivity contribution in [2.45, 2.75) is 27.7 Å². The van der Waals surface area contributed by atoms with Crippen LogP contribution in [0.4, 0.5) is 5.69 Å². The Morgan fingerprint density at radius 1 is 1.25 bits per heavy atom. The van der Waals surface area contributed by atoms with Crippen molar-refractivity contribution in [3.05, 3.63) is 23.3 Å². The molecule has 0 bridgehead atoms. The van der Waals surface area contributed by atoms with Crippen molar-refractivity contribution in [3.8, 4) is 0 Å². The summed E-state index contributed by atoms with van der Waals surface area (Å²) < 4.78 is 0. The van der Waals surface area contributed by atoms with Crippen molar-refractivity contribution in [3.63, 3.8) is 0 Å². The fraction of sp³-hybridized carbons (Fsp3) is 0.462. The molecule has 90 valence electrons. The monoisotopic (exact) mass is 238 g/mol. The second-order valence-corrected chi connectivity index (χ2v) is 6.02. The SMILES string of the molecule is CC.CC(=N)c1cc(P(C)C)c(C)cc1N. The highest BCUT2D eigenvalue weighted by atomic mass is 31.1. The minimum atomic E-state index is -0.122. The highest BCUT2D eigenvalue weighted by Gasteiger charge is 2.08. The number of nitrogen functional groups attached to an aromatic ring is 1. The van der Waals surface area contributed by atoms with E-state index in [1.54, 1.807) is 6.92 Å². The first-order valence-corrected chi connectivity index (χ1v) is 7.80. The Morgan fingerprint density at radius 3 is 2.12 bits per heavy atom. The highest BCUT2D eigenvalue weighted by molar-refractivity contribution is 7.64. The van der Waals surface area contributed by atoms with Gasteiger partial charge in [0, 0.05) is 17.0 Å². The summed E-state index contributed by atoms with van der Waals surface area (Å²) in [7, 11) is -0.122. The lowest BCUT2D eigenvalue weighted by molar-refractivity contribution is 1.44. The Labute approximate surface area is 101 Å². The van der Waals surface area contributed by atoms with E-state index in [9.17, 15) is 0 Å². The topological polar surface area (TPSA) is 49.9 Å². The molecule has 0 saturated carbocycles. The van der Waals surface area contributed by atoms with E-state index in [1.165, 1.54) is 10.9 Å². The van der Waals surface area contributed by atoms with E-state index in [0.717, 1.165) is 11.3 Å². The molecular weight excluding hydrogens is 215 g/mol. The fourth-order valence-electron chi connectivity index (χ4n) is 1.53. The van der Waals surface area contributed by atoms with Crippen molar-refractivity contribution >= 4 is 24.6 Å². The molecule has 0 aromatic heterocycles. The molecule has 0 radical (unpaired) electrons. The average Bonchev–Trinajstić information content (AvgIpc) is 2.19. The molecule has 1 aromatic rings. The molecule has 2 nitrogen and oxygen atoms in total. The zero-order chi connectivity index (χ0) is 12.9. The molecule has 3 heteroatoms. The summed E-state index contributed by atoms with van der Waals surface area (Å²) in [4.78, 5) is 0. The van der Waals surface area contributed by atoms with Crippen LogP contribution in [0.5, 0.6) is 0 Å². The smallest absolute Gasteiger partial charge is 0.0408 e. The van der Waals surface area contributed by atoms with Gasteiger partial charge in [0.2, 0.25) is 0 Å². The maximum absolute atomic E-state index is 7.61. The van der Waals surface area contributed by atoms with E-state index in [2.05, 4.69) is 26.3 Å². The maximum Gasteiger partial charge on any atom is 0.0408 e. The second-order valence-electron chi connectivity index (χ2n) is 3.75. The molecule has 0 amide bonds. The molecule has 0 spiro atoms. The van der Waals surface area contributed by atoms with Crippen LogP contribution in [0.2, 0.25) is 0 Å². The van der Waals surface area contributed by atoms with Gasteiger partial charge in [-0.25, -0.2) is 0 Å². The Balaban J connectivity index is 0.00000106. The Hall–Kier alpha value is -0.880. The number of nitrogens with one attached hydrogen (secondary N) is 1. The zero-order valence-corrected chi connectivity index (χ0v) is 12.1. The lowest BCUT2D eigenvalue weighted by Gasteiger charge is -2.14. The van der Waals surface area contributed by atoms with Crippen LogP contribution in [0.25, 0.3) is 0 Å². The summed E-state index contributed by atoms with van der Waals surface area (Å²) >= 11 is 0. The minimum absolute atomic E-state index is 0.122. The number of aryl methyl sites for hydroxylation is 1. The van der Waals surface area contributed by atoms with Gasteiger partial charge < -0.3 is 11.1 Å². The van der Waals surface area contributed by atoms with Crippen LogP contribution >= 0.6 is 7.92 Å². The molecule has 1 aromatic carbocycles. The summed E-state index contributed by atoms with van der Waals surface area (Å²) in [6, 6.07) is 4.05. The molecule has 0 aliphatic rings. The number of benzene rings is 1. The Morgan fingerprint density at radius 2 is 1.75 bits per heavy atom. The van der Waals surface area contributed by atoms with Gasteiger partial charge >= 0.3 is 0 Å². The number of nitrogens with two attached hydrogens (primary N) is 1. The third-order valence-electron chi connectivity index (χ3n) is 2.25. The highest BCUT2D eigenvalue weighted by Crippen LogP contribution is 2.28. The normalized spacial score (nSPS) is 9.69. The molecule has 0 fully saturated rings. The predicted molar refractivity (Wildman–Crippen MR) is 77.8 cm³/mol. The molecule has 16 heavy (non-hydrogen) atoms. The summed E-state index contributed by atoms with van der Waals surface area (Å²) in [5.74, 6) is 0. The van der Waals surface area contributed by atoms with E-state index >= 15 is 0 Å². The lowest BCUT2D eigenvalue weighted by atomic mass is 10.1. The van der Waals surface area contributed by atoms with Crippen molar-refractivity contribution < 1.29 is 0 Å². The van der Waals surface area contributed by atoms with Crippen LogP contribution in [0.3, 0.4) is 0 Å². The quantitative estimate of drug-likeness (QED) is 0.463. The summed E-state index contributed by atoms with van der Waals surface area (Å²) in [5.41, 5.74) is 9.23. The zero-order valence-electron chi connectivity index (χ0n) is 11.2. The summed E-state index contributed by atoms with van der Waals surface area (Å²) in [6.07, 6.45) is 0. The van der Waals surface area contributed by atoms with Crippen LogP contribution in [0, 0.1) is 12.3 Å². The van der Waals surface area contributed by atoms with E-state index in [-0.39, 0.29) is 7.92 Å². The molecule has 0 saturated heterocycles. The second kappa shape index (κ2) is 6.65. The molecule has 1 rings (SSSR count). The Bertz CT molecular complexity index is 370. The number of hydrogen-bond acceptors (Lipinski definition) is 2. The van der Waals surface area contributed by atoms with Gasteiger partial charge in [0.1, 0.15) is 0 Å². The van der Waals surface area contributed by atoms with Gasteiger partial charge in [0.05, 0.1) is 0 Å². The van der Waals surface area contributed by atoms with Crippen molar-refractivity contribution in [2.75, 3.05) is 19.1 Å². The van der Waals surface area contributed by atoms with Gasteiger partial charge in [-0.15, -0.1) is 0 Å². The Kier molecular flexibility index (Phi) is 6.28. The molecule has 0 atom stereocenters. The first kappa shape index (κ1) is 15.1. The van der Waals surface area contributed by atoms with Crippen LogP contribution in [-0.2, 0) is 0 Å². The van der Waals surface area contributed by atoms with Gasteiger partial charge in [0.25, 0.3) is 0 Å². The number of hydrogen-bond donors (Lipinski definition) is 2. The standard InChI is InChI=1S/C11H17N2P.C2H6/c1-7-5-10(13)9(8(2)12)6-11(7)14(3)4;1-2/h5-6,12H,13H2,1-4H3;1-2H3. The molecular formula is C13H23N2P. The molecule has 3 N–H and O–H groups in total. The fourth-order valence-corrected chi connectivity index (χ4v) is 2.68. The van der Waals surface area contributed by atoms with Gasteiger partial charge in [-0.3, -0.25) is 0 Å². The lowest BCUT2D eigenvalue weighted by Crippen LogP contribution is -2.10. The third-order valence-corrected chi connectivity index (χ3v) is 3.70. The summed E-state index contributed by atoms with van der Waals surface area (Å²) in [6.45, 7) is 12.3. The van der Waals surface area contributed by atoms with Gasteiger partial charge in [0.15, 0.2) is 0 Å². The van der Waals surface area contributed by atoms with Crippen molar-refractivity contribution in [1.82, 2.24) is 0 Å². The van der Waals surface area contributed by atoms with E-state index < -0.39 is 0 Å². The first-order chi connectivity index (χ1) is 7.43. The summed E-state index contributed by atoms with van der Waals surface area (Å²) in [5, 5.41) is 8.95. The first-order valence-electron chi connectivity index (χ1n) is 5.56. The number of anilines is 1. The van der Waals surface area contributed by atoms with E-state index in [0.29, 0.717) is 5.71 Å². The van der Waals surface area contributed by atoms with E-state index in [1.807, 2.05) is 19.9 Å². The van der Waals surface area contributed by atoms with Crippen LogP contribution in [0.1, 0.15) is 31.9 Å². The van der Waals surface area contributed by atoms with Crippen LogP contribution in [0.15, 0.2) is 12.1 Å². The molecule has 0 aliphatic heterocycles. The maximum atomic E-state index is 7.61. The van der Waals surface area contributed by atoms with Crippen molar-refractivity contribution in [2.24, 2.45) is 0 Å². The molecule has 0 heterocycles. The van der Waals surface area contributed by atoms with Crippen LogP contribution < -0.4 is 11.0 Å². The molecule has 0 aliphatic carbocycles.